The summed E-state index contributed by atoms with van der Waals surface area (Å²) in [6.45, 7) is 8.14. The van der Waals surface area contributed by atoms with Gasteiger partial charge in [0.25, 0.3) is 0 Å². The molecule has 0 unspecified atom stereocenters. The number of amides is 1. The van der Waals surface area contributed by atoms with Crippen molar-refractivity contribution in [3.63, 3.8) is 0 Å². The molecule has 2 rings (SSSR count). The van der Waals surface area contributed by atoms with Gasteiger partial charge in [-0.2, -0.15) is 0 Å². The van der Waals surface area contributed by atoms with Crippen LogP contribution in [0.1, 0.15) is 58.3 Å². The number of rotatable bonds is 5. The molecule has 0 bridgehead atoms. The zero-order valence-electron chi connectivity index (χ0n) is 13.8. The Balaban J connectivity index is 1.83. The van der Waals surface area contributed by atoms with Crippen LogP contribution in [0, 0.1) is 5.41 Å². The Morgan fingerprint density at radius 2 is 1.76 bits per heavy atom. The van der Waals surface area contributed by atoms with Crippen molar-refractivity contribution in [2.75, 3.05) is 39.3 Å². The fraction of sp³-hybridized carbons (Fsp3) is 0.941. The monoisotopic (exact) mass is 295 g/mol. The lowest BCUT2D eigenvalue weighted by Crippen LogP contribution is -2.45. The Kier molecular flexibility index (Phi) is 6.49. The van der Waals surface area contributed by atoms with Crippen molar-refractivity contribution in [3.8, 4) is 0 Å². The van der Waals surface area contributed by atoms with Crippen LogP contribution < -0.4 is 5.73 Å². The number of hydrogen-bond donors (Lipinski definition) is 1. The normalized spacial score (nSPS) is 23.8. The van der Waals surface area contributed by atoms with E-state index in [1.165, 1.54) is 25.7 Å². The fourth-order valence-corrected chi connectivity index (χ4v) is 3.81. The predicted octanol–water partition coefficient (Wildman–Crippen LogP) is 2.23. The van der Waals surface area contributed by atoms with Crippen LogP contribution in [0.3, 0.4) is 0 Å². The average molecular weight is 295 g/mol. The van der Waals surface area contributed by atoms with Crippen molar-refractivity contribution in [3.05, 3.63) is 0 Å². The largest absolute Gasteiger partial charge is 0.341 e. The van der Waals surface area contributed by atoms with Crippen molar-refractivity contribution in [2.45, 2.75) is 58.3 Å². The molecule has 21 heavy (non-hydrogen) atoms. The van der Waals surface area contributed by atoms with E-state index < -0.39 is 0 Å². The lowest BCUT2D eigenvalue weighted by Gasteiger charge is -2.36. The van der Waals surface area contributed by atoms with Gasteiger partial charge >= 0.3 is 0 Å². The maximum absolute atomic E-state index is 12.9. The molecule has 122 valence electrons. The van der Waals surface area contributed by atoms with Crippen molar-refractivity contribution in [1.29, 1.82) is 0 Å². The molecule has 2 N–H and O–H groups in total. The molecule has 4 nitrogen and oxygen atoms in total. The number of unbranched alkanes of at least 4 members (excludes halogenated alkanes) is 1. The molecule has 0 aromatic heterocycles. The Labute approximate surface area is 130 Å². The molecule has 0 aromatic rings. The highest BCUT2D eigenvalue weighted by Gasteiger charge is 2.37. The highest BCUT2D eigenvalue weighted by atomic mass is 16.2. The second-order valence-corrected chi connectivity index (χ2v) is 7.10. The van der Waals surface area contributed by atoms with Crippen LogP contribution >= 0.6 is 0 Å². The first-order valence-electron chi connectivity index (χ1n) is 8.87. The Morgan fingerprint density at radius 3 is 2.48 bits per heavy atom. The molecule has 0 radical (unpaired) electrons. The standard InChI is InChI=1S/C17H33N3O/c1-17(8-3-2-4-9-17)16(21)20-13-7-12-19(14-15-20)11-6-5-10-18/h2-15,18H2,1H3. The average Bonchev–Trinajstić information content (AvgIpc) is 2.73. The van der Waals surface area contributed by atoms with Gasteiger partial charge in [0, 0.05) is 25.0 Å². The van der Waals surface area contributed by atoms with Crippen LogP contribution in [0.4, 0.5) is 0 Å². The quantitative estimate of drug-likeness (QED) is 0.791. The van der Waals surface area contributed by atoms with Crippen LogP contribution in [-0.4, -0.2) is 55.0 Å². The van der Waals surface area contributed by atoms with E-state index in [1.807, 2.05) is 0 Å². The molecule has 1 aliphatic carbocycles. The van der Waals surface area contributed by atoms with Gasteiger partial charge in [-0.05, 0) is 51.7 Å². The summed E-state index contributed by atoms with van der Waals surface area (Å²) in [7, 11) is 0. The minimum absolute atomic E-state index is 0.0764. The Hall–Kier alpha value is -0.610. The minimum Gasteiger partial charge on any atom is -0.341 e. The van der Waals surface area contributed by atoms with Crippen molar-refractivity contribution < 1.29 is 4.79 Å². The van der Waals surface area contributed by atoms with Crippen LogP contribution in [0.15, 0.2) is 0 Å². The number of hydrogen-bond acceptors (Lipinski definition) is 3. The van der Waals surface area contributed by atoms with Gasteiger partial charge in [0.15, 0.2) is 0 Å². The zero-order chi connectivity index (χ0) is 15.1. The van der Waals surface area contributed by atoms with Gasteiger partial charge in [0.2, 0.25) is 5.91 Å². The summed E-state index contributed by atoms with van der Waals surface area (Å²) in [5.74, 6) is 0.422. The summed E-state index contributed by atoms with van der Waals surface area (Å²) in [5.41, 5.74) is 5.49. The third-order valence-corrected chi connectivity index (χ3v) is 5.28. The van der Waals surface area contributed by atoms with Crippen LogP contribution in [0.5, 0.6) is 0 Å². The Morgan fingerprint density at radius 1 is 1.00 bits per heavy atom. The third-order valence-electron chi connectivity index (χ3n) is 5.28. The highest BCUT2D eigenvalue weighted by molar-refractivity contribution is 5.82. The second-order valence-electron chi connectivity index (χ2n) is 7.10. The number of nitrogens with two attached hydrogens (primary N) is 1. The van der Waals surface area contributed by atoms with Gasteiger partial charge in [-0.15, -0.1) is 0 Å². The summed E-state index contributed by atoms with van der Waals surface area (Å²) in [6.07, 6.45) is 9.33. The van der Waals surface area contributed by atoms with Crippen molar-refractivity contribution >= 4 is 5.91 Å². The van der Waals surface area contributed by atoms with E-state index in [1.54, 1.807) is 0 Å². The smallest absolute Gasteiger partial charge is 0.228 e. The van der Waals surface area contributed by atoms with Gasteiger partial charge in [-0.1, -0.05) is 26.2 Å². The third kappa shape index (κ3) is 4.68. The topological polar surface area (TPSA) is 49.6 Å². The van der Waals surface area contributed by atoms with E-state index in [-0.39, 0.29) is 5.41 Å². The van der Waals surface area contributed by atoms with Crippen LogP contribution in [-0.2, 0) is 4.79 Å². The molecular formula is C17H33N3O. The molecule has 0 spiro atoms. The van der Waals surface area contributed by atoms with Crippen molar-refractivity contribution in [1.82, 2.24) is 9.80 Å². The maximum atomic E-state index is 12.9. The molecular weight excluding hydrogens is 262 g/mol. The number of nitrogens with zero attached hydrogens (tertiary/aromatic N) is 2. The van der Waals surface area contributed by atoms with Crippen molar-refractivity contribution in [2.24, 2.45) is 11.1 Å². The first-order valence-corrected chi connectivity index (χ1v) is 8.87. The molecule has 2 aliphatic rings. The second kappa shape index (κ2) is 8.14. The molecule has 1 amide bonds. The zero-order valence-corrected chi connectivity index (χ0v) is 13.8. The van der Waals surface area contributed by atoms with E-state index in [4.69, 9.17) is 5.73 Å². The lowest BCUT2D eigenvalue weighted by atomic mass is 9.74. The van der Waals surface area contributed by atoms with Gasteiger partial charge < -0.3 is 15.5 Å². The van der Waals surface area contributed by atoms with Gasteiger partial charge in [0.05, 0.1) is 0 Å². The molecule has 0 aromatic carbocycles. The highest BCUT2D eigenvalue weighted by Crippen LogP contribution is 2.37. The molecule has 0 atom stereocenters. The van der Waals surface area contributed by atoms with Crippen LogP contribution in [0.25, 0.3) is 0 Å². The molecule has 1 saturated heterocycles. The predicted molar refractivity (Wildman–Crippen MR) is 87.1 cm³/mol. The van der Waals surface area contributed by atoms with Gasteiger partial charge in [-0.3, -0.25) is 4.79 Å². The summed E-state index contributed by atoms with van der Waals surface area (Å²) in [5, 5.41) is 0. The minimum atomic E-state index is -0.0764. The van der Waals surface area contributed by atoms with Gasteiger partial charge in [0.1, 0.15) is 0 Å². The van der Waals surface area contributed by atoms with E-state index >= 15 is 0 Å². The summed E-state index contributed by atoms with van der Waals surface area (Å²) < 4.78 is 0. The van der Waals surface area contributed by atoms with Gasteiger partial charge in [-0.25, -0.2) is 0 Å². The van der Waals surface area contributed by atoms with E-state index in [2.05, 4.69) is 16.7 Å². The lowest BCUT2D eigenvalue weighted by molar-refractivity contribution is -0.143. The Bertz CT molecular complexity index is 326. The van der Waals surface area contributed by atoms with Crippen LogP contribution in [0.2, 0.25) is 0 Å². The summed E-state index contributed by atoms with van der Waals surface area (Å²) in [6, 6.07) is 0. The number of carbonyl (C=O) groups is 1. The first-order chi connectivity index (χ1) is 10.2. The SMILES string of the molecule is CC1(C(=O)N2CCCN(CCCCN)CC2)CCCCC1. The summed E-state index contributed by atoms with van der Waals surface area (Å²) in [4.78, 5) is 17.5. The molecule has 2 fully saturated rings. The molecule has 1 aliphatic heterocycles. The molecule has 1 heterocycles. The molecule has 1 saturated carbocycles. The van der Waals surface area contributed by atoms with E-state index in [9.17, 15) is 4.79 Å². The van der Waals surface area contributed by atoms with E-state index in [0.717, 1.165) is 65.0 Å². The molecule has 4 heteroatoms. The summed E-state index contributed by atoms with van der Waals surface area (Å²) >= 11 is 0. The number of carbonyl (C=O) groups excluding carboxylic acids is 1. The first kappa shape index (κ1) is 16.8. The fourth-order valence-electron chi connectivity index (χ4n) is 3.81. The van der Waals surface area contributed by atoms with E-state index in [0.29, 0.717) is 5.91 Å². The maximum Gasteiger partial charge on any atom is 0.228 e.